The van der Waals surface area contributed by atoms with Crippen LogP contribution in [0.3, 0.4) is 0 Å². The zero-order valence-corrected chi connectivity index (χ0v) is 9.61. The van der Waals surface area contributed by atoms with E-state index in [0.29, 0.717) is 12.0 Å². The van der Waals surface area contributed by atoms with Crippen molar-refractivity contribution >= 4 is 0 Å². The van der Waals surface area contributed by atoms with E-state index in [-0.39, 0.29) is 0 Å². The highest BCUT2D eigenvalue weighted by molar-refractivity contribution is 5.30. The lowest BCUT2D eigenvalue weighted by Gasteiger charge is -2.22. The summed E-state index contributed by atoms with van der Waals surface area (Å²) in [6, 6.07) is 8.96. The van der Waals surface area contributed by atoms with Gasteiger partial charge >= 0.3 is 0 Å². The molecule has 0 radical (unpaired) electrons. The van der Waals surface area contributed by atoms with Crippen LogP contribution >= 0.6 is 0 Å². The van der Waals surface area contributed by atoms with E-state index in [9.17, 15) is 0 Å². The summed E-state index contributed by atoms with van der Waals surface area (Å²) in [4.78, 5) is 2.44. The fraction of sp³-hybridized carbons (Fsp3) is 0.538. The summed E-state index contributed by atoms with van der Waals surface area (Å²) in [5.74, 6) is 0.564. The molecule has 2 rings (SSSR count). The van der Waals surface area contributed by atoms with Gasteiger partial charge in [0, 0.05) is 25.7 Å². The molecule has 2 heteroatoms. The molecule has 1 aromatic carbocycles. The molecule has 0 amide bonds. The van der Waals surface area contributed by atoms with Gasteiger partial charge in [0.25, 0.3) is 0 Å². The summed E-state index contributed by atoms with van der Waals surface area (Å²) in [6.45, 7) is 7.52. The van der Waals surface area contributed by atoms with Crippen molar-refractivity contribution in [1.82, 2.24) is 4.90 Å². The van der Waals surface area contributed by atoms with E-state index in [1.54, 1.807) is 0 Å². The molecule has 1 unspecified atom stereocenters. The Morgan fingerprint density at radius 1 is 1.20 bits per heavy atom. The summed E-state index contributed by atoms with van der Waals surface area (Å²) in [7, 11) is 0. The van der Waals surface area contributed by atoms with Gasteiger partial charge in [-0.05, 0) is 17.0 Å². The quantitative estimate of drug-likeness (QED) is 0.816. The molecule has 0 spiro atoms. The van der Waals surface area contributed by atoms with E-state index in [4.69, 9.17) is 5.73 Å². The molecular formula is C13H20N2. The smallest absolute Gasteiger partial charge is 0.0241 e. The fourth-order valence-corrected chi connectivity index (χ4v) is 2.04. The maximum atomic E-state index is 6.09. The molecule has 1 atom stereocenters. The zero-order valence-electron chi connectivity index (χ0n) is 9.61. The zero-order chi connectivity index (χ0) is 10.8. The number of hydrogen-bond acceptors (Lipinski definition) is 2. The van der Waals surface area contributed by atoms with Crippen LogP contribution in [-0.2, 0) is 13.1 Å². The third kappa shape index (κ3) is 2.39. The number of benzene rings is 1. The van der Waals surface area contributed by atoms with E-state index in [2.05, 4.69) is 43.0 Å². The summed E-state index contributed by atoms with van der Waals surface area (Å²) in [5.41, 5.74) is 9.02. The predicted octanol–water partition coefficient (Wildman–Crippen LogP) is 1.99. The SMILES string of the molecule is CC(C)C(N)CN1Cc2ccccc2C1. The molecule has 82 valence electrons. The minimum absolute atomic E-state index is 0.291. The highest BCUT2D eigenvalue weighted by Gasteiger charge is 2.20. The van der Waals surface area contributed by atoms with Crippen molar-refractivity contribution in [1.29, 1.82) is 0 Å². The van der Waals surface area contributed by atoms with Gasteiger partial charge in [-0.25, -0.2) is 0 Å². The van der Waals surface area contributed by atoms with Crippen LogP contribution < -0.4 is 5.73 Å². The Morgan fingerprint density at radius 2 is 1.73 bits per heavy atom. The van der Waals surface area contributed by atoms with Crippen LogP contribution in [0.4, 0.5) is 0 Å². The monoisotopic (exact) mass is 204 g/mol. The Bertz CT molecular complexity index is 308. The van der Waals surface area contributed by atoms with Crippen molar-refractivity contribution in [3.63, 3.8) is 0 Å². The molecule has 0 saturated heterocycles. The van der Waals surface area contributed by atoms with Gasteiger partial charge in [0.2, 0.25) is 0 Å². The number of fused-ring (bicyclic) bond motifs is 1. The number of hydrogen-bond donors (Lipinski definition) is 1. The van der Waals surface area contributed by atoms with Crippen LogP contribution in [-0.4, -0.2) is 17.5 Å². The predicted molar refractivity (Wildman–Crippen MR) is 63.4 cm³/mol. The minimum Gasteiger partial charge on any atom is -0.326 e. The lowest BCUT2D eigenvalue weighted by Crippen LogP contribution is -2.38. The molecular weight excluding hydrogens is 184 g/mol. The van der Waals surface area contributed by atoms with Gasteiger partial charge in [-0.15, -0.1) is 0 Å². The second-order valence-electron chi connectivity index (χ2n) is 4.85. The van der Waals surface area contributed by atoms with E-state index >= 15 is 0 Å². The van der Waals surface area contributed by atoms with Gasteiger partial charge in [0.1, 0.15) is 0 Å². The number of rotatable bonds is 3. The topological polar surface area (TPSA) is 29.3 Å². The van der Waals surface area contributed by atoms with Crippen molar-refractivity contribution in [2.24, 2.45) is 11.7 Å². The molecule has 0 bridgehead atoms. The second-order valence-corrected chi connectivity index (χ2v) is 4.85. The number of nitrogens with two attached hydrogens (primary N) is 1. The largest absolute Gasteiger partial charge is 0.326 e. The van der Waals surface area contributed by atoms with Crippen molar-refractivity contribution in [3.05, 3.63) is 35.4 Å². The second kappa shape index (κ2) is 4.33. The van der Waals surface area contributed by atoms with Crippen LogP contribution in [0.5, 0.6) is 0 Å². The molecule has 15 heavy (non-hydrogen) atoms. The molecule has 1 aliphatic heterocycles. The van der Waals surface area contributed by atoms with Crippen LogP contribution in [0, 0.1) is 5.92 Å². The third-order valence-corrected chi connectivity index (χ3v) is 3.23. The Kier molecular flexibility index (Phi) is 3.08. The fourth-order valence-electron chi connectivity index (χ4n) is 2.04. The van der Waals surface area contributed by atoms with Gasteiger partial charge in [-0.3, -0.25) is 4.90 Å². The summed E-state index contributed by atoms with van der Waals surface area (Å²) in [5, 5.41) is 0. The highest BCUT2D eigenvalue weighted by atomic mass is 15.1. The van der Waals surface area contributed by atoms with E-state index in [1.165, 1.54) is 11.1 Å². The van der Waals surface area contributed by atoms with Crippen LogP contribution in [0.2, 0.25) is 0 Å². The Hall–Kier alpha value is -0.860. The molecule has 1 heterocycles. The Morgan fingerprint density at radius 3 is 2.20 bits per heavy atom. The van der Waals surface area contributed by atoms with Crippen molar-refractivity contribution in [2.45, 2.75) is 33.0 Å². The molecule has 0 aromatic heterocycles. The number of nitrogens with zero attached hydrogens (tertiary/aromatic N) is 1. The third-order valence-electron chi connectivity index (χ3n) is 3.23. The lowest BCUT2D eigenvalue weighted by atomic mass is 10.1. The first kappa shape index (κ1) is 10.7. The molecule has 2 nitrogen and oxygen atoms in total. The van der Waals surface area contributed by atoms with Crippen molar-refractivity contribution in [3.8, 4) is 0 Å². The molecule has 0 fully saturated rings. The Balaban J connectivity index is 1.96. The van der Waals surface area contributed by atoms with Gasteiger partial charge in [-0.1, -0.05) is 38.1 Å². The van der Waals surface area contributed by atoms with Gasteiger partial charge in [0.15, 0.2) is 0 Å². The van der Waals surface area contributed by atoms with E-state index in [0.717, 1.165) is 19.6 Å². The molecule has 0 aliphatic carbocycles. The summed E-state index contributed by atoms with van der Waals surface area (Å²) < 4.78 is 0. The van der Waals surface area contributed by atoms with Crippen LogP contribution in [0.15, 0.2) is 24.3 Å². The normalized spacial score (nSPS) is 18.1. The van der Waals surface area contributed by atoms with Gasteiger partial charge < -0.3 is 5.73 Å². The first-order chi connectivity index (χ1) is 7.16. The Labute approximate surface area is 92.1 Å². The molecule has 1 aromatic rings. The molecule has 2 N–H and O–H groups in total. The first-order valence-corrected chi connectivity index (χ1v) is 5.71. The minimum atomic E-state index is 0.291. The lowest BCUT2D eigenvalue weighted by molar-refractivity contribution is 0.243. The van der Waals surface area contributed by atoms with E-state index in [1.807, 2.05) is 0 Å². The molecule has 0 saturated carbocycles. The van der Waals surface area contributed by atoms with Crippen molar-refractivity contribution < 1.29 is 0 Å². The van der Waals surface area contributed by atoms with Crippen LogP contribution in [0.1, 0.15) is 25.0 Å². The van der Waals surface area contributed by atoms with E-state index < -0.39 is 0 Å². The summed E-state index contributed by atoms with van der Waals surface area (Å²) in [6.07, 6.45) is 0. The van der Waals surface area contributed by atoms with Crippen LogP contribution in [0.25, 0.3) is 0 Å². The first-order valence-electron chi connectivity index (χ1n) is 5.71. The standard InChI is InChI=1S/C13H20N2/c1-10(2)13(14)9-15-7-11-5-3-4-6-12(11)8-15/h3-6,10,13H,7-9,14H2,1-2H3. The highest BCUT2D eigenvalue weighted by Crippen LogP contribution is 2.22. The maximum Gasteiger partial charge on any atom is 0.0241 e. The average Bonchev–Trinajstić information content (AvgIpc) is 2.59. The maximum absolute atomic E-state index is 6.09. The van der Waals surface area contributed by atoms with Crippen molar-refractivity contribution in [2.75, 3.05) is 6.54 Å². The van der Waals surface area contributed by atoms with Gasteiger partial charge in [-0.2, -0.15) is 0 Å². The average molecular weight is 204 g/mol. The molecule has 1 aliphatic rings. The summed E-state index contributed by atoms with van der Waals surface area (Å²) >= 11 is 0. The van der Waals surface area contributed by atoms with Gasteiger partial charge in [0.05, 0.1) is 0 Å².